The summed E-state index contributed by atoms with van der Waals surface area (Å²) >= 11 is 0. The van der Waals surface area contributed by atoms with Gasteiger partial charge in [0.15, 0.2) is 0 Å². The third kappa shape index (κ3) is 5.87. The van der Waals surface area contributed by atoms with Gasteiger partial charge in [0.25, 0.3) is 0 Å². The minimum atomic E-state index is 0.455. The molecule has 0 aromatic heterocycles. The van der Waals surface area contributed by atoms with E-state index < -0.39 is 0 Å². The highest BCUT2D eigenvalue weighted by Gasteiger charge is 2.15. The summed E-state index contributed by atoms with van der Waals surface area (Å²) in [5.74, 6) is 0. The molecule has 2 nitrogen and oxygen atoms in total. The van der Waals surface area contributed by atoms with Gasteiger partial charge in [-0.15, -0.1) is 0 Å². The van der Waals surface area contributed by atoms with E-state index in [9.17, 15) is 0 Å². The first-order chi connectivity index (χ1) is 8.59. The maximum absolute atomic E-state index is 3.44. The smallest absolute Gasteiger partial charge is 0.0595 e. The van der Waals surface area contributed by atoms with E-state index in [0.29, 0.717) is 6.04 Å². The average Bonchev–Trinajstić information content (AvgIpc) is 2.30. The summed E-state index contributed by atoms with van der Waals surface area (Å²) < 4.78 is 0. The fourth-order valence-corrected chi connectivity index (χ4v) is 1.83. The van der Waals surface area contributed by atoms with Gasteiger partial charge in [0.05, 0.1) is 6.04 Å². The number of nitrogens with zero attached hydrogens (tertiary/aromatic N) is 1. The lowest BCUT2D eigenvalue weighted by atomic mass is 10.1. The zero-order valence-corrected chi connectivity index (χ0v) is 12.1. The van der Waals surface area contributed by atoms with Crippen LogP contribution in [0.2, 0.25) is 0 Å². The number of piperazine rings is 1. The Kier molecular flexibility index (Phi) is 6.51. The summed E-state index contributed by atoms with van der Waals surface area (Å²) in [4.78, 5) is 2.39. The van der Waals surface area contributed by atoms with Gasteiger partial charge in [0.2, 0.25) is 0 Å². The second kappa shape index (κ2) is 7.93. The maximum atomic E-state index is 3.44. The second-order valence-corrected chi connectivity index (χ2v) is 5.22. The summed E-state index contributed by atoms with van der Waals surface area (Å²) in [5.41, 5.74) is 2.67. The highest BCUT2D eigenvalue weighted by molar-refractivity contribution is 5.14. The predicted octanol–water partition coefficient (Wildman–Crippen LogP) is 3.26. The maximum Gasteiger partial charge on any atom is 0.0595 e. The number of rotatable bonds is 4. The zero-order valence-electron chi connectivity index (χ0n) is 12.1. The van der Waals surface area contributed by atoms with Crippen LogP contribution in [0.15, 0.2) is 47.7 Å². The lowest BCUT2D eigenvalue weighted by Crippen LogP contribution is -2.47. The monoisotopic (exact) mass is 246 g/mol. The summed E-state index contributed by atoms with van der Waals surface area (Å²) in [7, 11) is 0. The molecule has 0 aromatic rings. The quantitative estimate of drug-likeness (QED) is 0.766. The first-order valence-electron chi connectivity index (χ1n) is 6.69. The molecule has 0 saturated carbocycles. The van der Waals surface area contributed by atoms with Crippen molar-refractivity contribution in [3.05, 3.63) is 47.7 Å². The Hall–Kier alpha value is -1.28. The van der Waals surface area contributed by atoms with Crippen molar-refractivity contribution in [2.75, 3.05) is 19.6 Å². The fourth-order valence-electron chi connectivity index (χ4n) is 1.83. The first-order valence-corrected chi connectivity index (χ1v) is 6.69. The second-order valence-electron chi connectivity index (χ2n) is 5.22. The van der Waals surface area contributed by atoms with Crippen LogP contribution >= 0.6 is 0 Å². The standard InChI is InChI=1S/C16H26N2/c1-14(2)7-5-9-16-13-17-10-12-18(16)11-6-8-15(3)4/h5-9,11,16-17H,10,12-13H2,1-4H3. The van der Waals surface area contributed by atoms with Crippen molar-refractivity contribution < 1.29 is 0 Å². The largest absolute Gasteiger partial charge is 0.368 e. The molecule has 1 fully saturated rings. The predicted molar refractivity (Wildman–Crippen MR) is 80.5 cm³/mol. The Balaban J connectivity index is 2.62. The number of allylic oxidation sites excluding steroid dienone is 6. The van der Waals surface area contributed by atoms with Crippen molar-refractivity contribution in [1.29, 1.82) is 0 Å². The molecular formula is C16H26N2. The lowest BCUT2D eigenvalue weighted by Gasteiger charge is -2.33. The number of hydrogen-bond donors (Lipinski definition) is 1. The van der Waals surface area contributed by atoms with Gasteiger partial charge in [-0.05, 0) is 40.0 Å². The normalized spacial score (nSPS) is 20.4. The topological polar surface area (TPSA) is 15.3 Å². The molecule has 0 bridgehead atoms. The van der Waals surface area contributed by atoms with Gasteiger partial charge in [-0.2, -0.15) is 0 Å². The Bertz CT molecular complexity index is 317. The van der Waals surface area contributed by atoms with Crippen LogP contribution in [0.25, 0.3) is 0 Å². The molecule has 1 rings (SSSR count). The molecule has 1 aliphatic rings. The van der Waals surface area contributed by atoms with E-state index in [-0.39, 0.29) is 0 Å². The lowest BCUT2D eigenvalue weighted by molar-refractivity contribution is 0.267. The van der Waals surface area contributed by atoms with E-state index in [1.54, 1.807) is 0 Å². The van der Waals surface area contributed by atoms with Crippen LogP contribution in [-0.4, -0.2) is 30.6 Å². The van der Waals surface area contributed by atoms with E-state index in [1.807, 2.05) is 0 Å². The summed E-state index contributed by atoms with van der Waals surface area (Å²) in [6.45, 7) is 11.6. The number of nitrogens with one attached hydrogen (secondary N) is 1. The van der Waals surface area contributed by atoms with Crippen molar-refractivity contribution in [3.8, 4) is 0 Å². The molecule has 0 aliphatic carbocycles. The van der Waals surface area contributed by atoms with Crippen LogP contribution in [0.5, 0.6) is 0 Å². The van der Waals surface area contributed by atoms with Crippen molar-refractivity contribution in [2.24, 2.45) is 0 Å². The van der Waals surface area contributed by atoms with E-state index in [1.165, 1.54) is 11.1 Å². The Morgan fingerprint density at radius 1 is 1.06 bits per heavy atom. The molecule has 18 heavy (non-hydrogen) atoms. The van der Waals surface area contributed by atoms with Gasteiger partial charge in [0.1, 0.15) is 0 Å². The van der Waals surface area contributed by atoms with Crippen LogP contribution in [0, 0.1) is 0 Å². The van der Waals surface area contributed by atoms with Gasteiger partial charge < -0.3 is 10.2 Å². The molecule has 1 saturated heterocycles. The van der Waals surface area contributed by atoms with Crippen LogP contribution in [-0.2, 0) is 0 Å². The van der Waals surface area contributed by atoms with Crippen molar-refractivity contribution in [1.82, 2.24) is 10.2 Å². The molecule has 0 amide bonds. The SMILES string of the molecule is CC(C)=CC=CC1CNCCN1C=CC=C(C)C. The van der Waals surface area contributed by atoms with E-state index >= 15 is 0 Å². The van der Waals surface area contributed by atoms with Crippen LogP contribution in [0.4, 0.5) is 0 Å². The Labute approximate surface area is 112 Å². The summed E-state index contributed by atoms with van der Waals surface area (Å²) in [5, 5.41) is 3.44. The number of hydrogen-bond acceptors (Lipinski definition) is 2. The zero-order chi connectivity index (χ0) is 13.4. The molecule has 1 N–H and O–H groups in total. The van der Waals surface area contributed by atoms with Crippen molar-refractivity contribution in [2.45, 2.75) is 33.7 Å². The summed E-state index contributed by atoms with van der Waals surface area (Å²) in [6.07, 6.45) is 13.1. The van der Waals surface area contributed by atoms with Gasteiger partial charge in [0, 0.05) is 19.6 Å². The van der Waals surface area contributed by atoms with Crippen LogP contribution in [0.1, 0.15) is 27.7 Å². The van der Waals surface area contributed by atoms with Gasteiger partial charge >= 0.3 is 0 Å². The Morgan fingerprint density at radius 2 is 1.72 bits per heavy atom. The molecule has 2 heteroatoms. The third-order valence-electron chi connectivity index (χ3n) is 2.80. The fraction of sp³-hybridized carbons (Fsp3) is 0.500. The molecule has 1 heterocycles. The average molecular weight is 246 g/mol. The summed E-state index contributed by atoms with van der Waals surface area (Å²) in [6, 6.07) is 0.455. The molecule has 0 radical (unpaired) electrons. The molecular weight excluding hydrogens is 220 g/mol. The molecule has 100 valence electrons. The third-order valence-corrected chi connectivity index (χ3v) is 2.80. The van der Waals surface area contributed by atoms with Gasteiger partial charge in [-0.1, -0.05) is 35.5 Å². The van der Waals surface area contributed by atoms with Crippen LogP contribution in [0.3, 0.4) is 0 Å². The molecule has 1 aliphatic heterocycles. The molecule has 1 unspecified atom stereocenters. The van der Waals surface area contributed by atoms with Gasteiger partial charge in [-0.25, -0.2) is 0 Å². The minimum absolute atomic E-state index is 0.455. The minimum Gasteiger partial charge on any atom is -0.368 e. The highest BCUT2D eigenvalue weighted by atomic mass is 15.2. The molecule has 1 atom stereocenters. The van der Waals surface area contributed by atoms with Crippen molar-refractivity contribution in [3.63, 3.8) is 0 Å². The highest BCUT2D eigenvalue weighted by Crippen LogP contribution is 2.06. The van der Waals surface area contributed by atoms with Crippen molar-refractivity contribution >= 4 is 0 Å². The van der Waals surface area contributed by atoms with Gasteiger partial charge in [-0.3, -0.25) is 0 Å². The molecule has 0 spiro atoms. The van der Waals surface area contributed by atoms with Crippen LogP contribution < -0.4 is 5.32 Å². The van der Waals surface area contributed by atoms with E-state index in [0.717, 1.165) is 19.6 Å². The van der Waals surface area contributed by atoms with E-state index in [4.69, 9.17) is 0 Å². The Morgan fingerprint density at radius 3 is 2.39 bits per heavy atom. The first kappa shape index (κ1) is 14.8. The van der Waals surface area contributed by atoms with E-state index in [2.05, 4.69) is 74.5 Å². The molecule has 0 aromatic carbocycles.